The molecule has 7 nitrogen and oxygen atoms in total. The van der Waals surface area contributed by atoms with Crippen molar-refractivity contribution >= 4 is 0 Å². The zero-order chi connectivity index (χ0) is 16.4. The number of pyridine rings is 1. The summed E-state index contributed by atoms with van der Waals surface area (Å²) in [5.74, 6) is 1.90. The van der Waals surface area contributed by atoms with E-state index in [1.807, 2.05) is 19.9 Å². The smallest absolute Gasteiger partial charge is 0.227 e. The van der Waals surface area contributed by atoms with Gasteiger partial charge >= 0.3 is 0 Å². The van der Waals surface area contributed by atoms with Crippen LogP contribution >= 0.6 is 0 Å². The van der Waals surface area contributed by atoms with Crippen LogP contribution in [0.25, 0.3) is 11.4 Å². The highest BCUT2D eigenvalue weighted by atomic mass is 16.5. The van der Waals surface area contributed by atoms with E-state index >= 15 is 0 Å². The number of hydrogen-bond donors (Lipinski definition) is 1. The molecular weight excluding hydrogens is 294 g/mol. The molecule has 0 aliphatic rings. The summed E-state index contributed by atoms with van der Waals surface area (Å²) in [6.45, 7) is 6.15. The molecule has 3 rings (SSSR count). The Morgan fingerprint density at radius 1 is 1.35 bits per heavy atom. The monoisotopic (exact) mass is 313 g/mol. The fraction of sp³-hybridized carbons (Fsp3) is 0.375. The van der Waals surface area contributed by atoms with Crippen molar-refractivity contribution in [2.45, 2.75) is 33.1 Å². The maximum atomic E-state index is 5.39. The molecule has 3 aromatic rings. The van der Waals surface area contributed by atoms with E-state index < -0.39 is 0 Å². The summed E-state index contributed by atoms with van der Waals surface area (Å²) in [6, 6.07) is 3.60. The van der Waals surface area contributed by atoms with Crippen LogP contribution in [-0.2, 0) is 6.42 Å². The largest absolute Gasteiger partial charge is 0.481 e. The molecule has 0 bridgehead atoms. The molecule has 0 saturated heterocycles. The van der Waals surface area contributed by atoms with E-state index in [1.54, 1.807) is 19.4 Å². The average molecular weight is 313 g/mol. The lowest BCUT2D eigenvalue weighted by atomic mass is 9.96. The number of aryl methyl sites for hydroxylation is 2. The van der Waals surface area contributed by atoms with Crippen molar-refractivity contribution in [3.05, 3.63) is 41.2 Å². The van der Waals surface area contributed by atoms with Crippen molar-refractivity contribution in [3.63, 3.8) is 0 Å². The minimum Gasteiger partial charge on any atom is -0.481 e. The first kappa shape index (κ1) is 15.2. The van der Waals surface area contributed by atoms with Crippen molar-refractivity contribution in [2.24, 2.45) is 0 Å². The zero-order valence-corrected chi connectivity index (χ0v) is 13.6. The number of H-pyrrole nitrogens is 1. The van der Waals surface area contributed by atoms with Crippen LogP contribution in [0.1, 0.15) is 35.7 Å². The first-order valence-electron chi connectivity index (χ1n) is 7.43. The van der Waals surface area contributed by atoms with Crippen LogP contribution in [0.3, 0.4) is 0 Å². The average Bonchev–Trinajstić information content (AvgIpc) is 3.14. The van der Waals surface area contributed by atoms with E-state index in [0.717, 1.165) is 17.0 Å². The Morgan fingerprint density at radius 2 is 2.17 bits per heavy atom. The number of methoxy groups -OCH3 is 1. The lowest BCUT2D eigenvalue weighted by Crippen LogP contribution is -2.01. The number of nitrogens with zero attached hydrogens (tertiary/aromatic N) is 4. The quantitative estimate of drug-likeness (QED) is 0.779. The van der Waals surface area contributed by atoms with Crippen LogP contribution in [0.2, 0.25) is 0 Å². The molecule has 0 fully saturated rings. The Labute approximate surface area is 134 Å². The molecule has 0 aromatic carbocycles. The first-order chi connectivity index (χ1) is 11.1. The maximum Gasteiger partial charge on any atom is 0.227 e. The van der Waals surface area contributed by atoms with Crippen LogP contribution in [0.15, 0.2) is 22.9 Å². The highest BCUT2D eigenvalue weighted by Crippen LogP contribution is 2.26. The van der Waals surface area contributed by atoms with Crippen molar-refractivity contribution in [1.82, 2.24) is 25.3 Å². The van der Waals surface area contributed by atoms with Crippen molar-refractivity contribution in [3.8, 4) is 17.3 Å². The lowest BCUT2D eigenvalue weighted by Gasteiger charge is -2.08. The molecule has 120 valence electrons. The van der Waals surface area contributed by atoms with Gasteiger partial charge < -0.3 is 9.26 Å². The molecule has 1 unspecified atom stereocenters. The Bertz CT molecular complexity index is 789. The van der Waals surface area contributed by atoms with Gasteiger partial charge in [0.15, 0.2) is 0 Å². The number of hydrogen-bond acceptors (Lipinski definition) is 6. The van der Waals surface area contributed by atoms with Crippen LogP contribution < -0.4 is 4.74 Å². The third-order valence-corrected chi connectivity index (χ3v) is 3.83. The molecule has 23 heavy (non-hydrogen) atoms. The Kier molecular flexibility index (Phi) is 4.10. The van der Waals surface area contributed by atoms with Gasteiger partial charge in [-0.25, -0.2) is 4.98 Å². The highest BCUT2D eigenvalue weighted by molar-refractivity contribution is 5.55. The molecule has 0 amide bonds. The van der Waals surface area contributed by atoms with Crippen molar-refractivity contribution < 1.29 is 9.26 Å². The minimum absolute atomic E-state index is 0.244. The van der Waals surface area contributed by atoms with E-state index in [-0.39, 0.29) is 5.92 Å². The normalized spacial score (nSPS) is 12.3. The summed E-state index contributed by atoms with van der Waals surface area (Å²) in [6.07, 6.45) is 2.32. The van der Waals surface area contributed by atoms with Gasteiger partial charge in [0.1, 0.15) is 0 Å². The molecule has 3 heterocycles. The molecule has 0 radical (unpaired) electrons. The highest BCUT2D eigenvalue weighted by Gasteiger charge is 2.18. The van der Waals surface area contributed by atoms with Gasteiger partial charge in [-0.1, -0.05) is 12.1 Å². The number of nitrogens with one attached hydrogen (secondary N) is 1. The van der Waals surface area contributed by atoms with Gasteiger partial charge in [0, 0.05) is 29.9 Å². The van der Waals surface area contributed by atoms with Gasteiger partial charge in [-0.3, -0.25) is 5.10 Å². The SMILES string of the molecule is COc1cc(-c2noc(CC(C)c3c(C)n[nH]c3C)n2)ccn1. The fourth-order valence-electron chi connectivity index (χ4n) is 2.76. The Morgan fingerprint density at radius 3 is 2.87 bits per heavy atom. The fourth-order valence-corrected chi connectivity index (χ4v) is 2.76. The molecular formula is C16H19N5O2. The standard InChI is InChI=1S/C16H19N5O2/c1-9(15-10(2)19-20-11(15)3)7-14-18-16(21-23-14)12-5-6-17-13(8-12)22-4/h5-6,8-9H,7H2,1-4H3,(H,19,20). The Hall–Kier alpha value is -2.70. The van der Waals surface area contributed by atoms with Crippen molar-refractivity contribution in [2.75, 3.05) is 7.11 Å². The second-order valence-electron chi connectivity index (χ2n) is 5.55. The van der Waals surface area contributed by atoms with Crippen LogP contribution in [0.5, 0.6) is 5.88 Å². The molecule has 0 aliphatic carbocycles. The summed E-state index contributed by atoms with van der Waals surface area (Å²) >= 11 is 0. The second-order valence-corrected chi connectivity index (χ2v) is 5.55. The van der Waals surface area contributed by atoms with Crippen molar-refractivity contribution in [1.29, 1.82) is 0 Å². The van der Waals surface area contributed by atoms with E-state index in [9.17, 15) is 0 Å². The van der Waals surface area contributed by atoms with Gasteiger partial charge in [-0.15, -0.1) is 0 Å². The molecule has 1 atom stereocenters. The van der Waals surface area contributed by atoms with Crippen LogP contribution in [0, 0.1) is 13.8 Å². The predicted octanol–water partition coefficient (Wildman–Crippen LogP) is 2.83. The summed E-state index contributed by atoms with van der Waals surface area (Å²) in [5.41, 5.74) is 4.10. The molecule has 0 saturated carbocycles. The zero-order valence-electron chi connectivity index (χ0n) is 13.6. The molecule has 1 N–H and O–H groups in total. The van der Waals surface area contributed by atoms with Gasteiger partial charge in [-0.05, 0) is 31.4 Å². The van der Waals surface area contributed by atoms with Gasteiger partial charge in [0.25, 0.3) is 0 Å². The third kappa shape index (κ3) is 3.08. The number of rotatable bonds is 5. The summed E-state index contributed by atoms with van der Waals surface area (Å²) < 4.78 is 10.5. The summed E-state index contributed by atoms with van der Waals surface area (Å²) in [5, 5.41) is 11.3. The van der Waals surface area contributed by atoms with Gasteiger partial charge in [0.2, 0.25) is 17.6 Å². The molecule has 3 aromatic heterocycles. The minimum atomic E-state index is 0.244. The summed E-state index contributed by atoms with van der Waals surface area (Å²) in [7, 11) is 1.57. The lowest BCUT2D eigenvalue weighted by molar-refractivity contribution is 0.371. The van der Waals surface area contributed by atoms with Gasteiger partial charge in [-0.2, -0.15) is 10.1 Å². The summed E-state index contributed by atoms with van der Waals surface area (Å²) in [4.78, 5) is 8.55. The molecule has 7 heteroatoms. The molecule has 0 aliphatic heterocycles. The van der Waals surface area contributed by atoms with Gasteiger partial charge in [0.05, 0.1) is 12.8 Å². The van der Waals surface area contributed by atoms with E-state index in [1.165, 1.54) is 5.56 Å². The number of ether oxygens (including phenoxy) is 1. The Balaban J connectivity index is 1.79. The van der Waals surface area contributed by atoms with E-state index in [0.29, 0.717) is 24.0 Å². The third-order valence-electron chi connectivity index (χ3n) is 3.83. The topological polar surface area (TPSA) is 89.7 Å². The van der Waals surface area contributed by atoms with Crippen LogP contribution in [-0.4, -0.2) is 32.4 Å². The number of aromatic nitrogens is 5. The number of aromatic amines is 1. The van der Waals surface area contributed by atoms with E-state index in [4.69, 9.17) is 9.26 Å². The predicted molar refractivity (Wildman–Crippen MR) is 84.3 cm³/mol. The maximum absolute atomic E-state index is 5.39. The molecule has 0 spiro atoms. The second kappa shape index (κ2) is 6.20. The first-order valence-corrected chi connectivity index (χ1v) is 7.43. The van der Waals surface area contributed by atoms with Crippen LogP contribution in [0.4, 0.5) is 0 Å². The van der Waals surface area contributed by atoms with E-state index in [2.05, 4.69) is 32.2 Å².